The van der Waals surface area contributed by atoms with Crippen LogP contribution in [0.2, 0.25) is 0 Å². The molecule has 0 aliphatic heterocycles. The molecule has 3 aromatic rings. The molecule has 0 aliphatic carbocycles. The van der Waals surface area contributed by atoms with Gasteiger partial charge in [-0.2, -0.15) is 8.42 Å². The predicted octanol–water partition coefficient (Wildman–Crippen LogP) is 2.87. The molecule has 2 aromatic heterocycles. The zero-order valence-corrected chi connectivity index (χ0v) is 18.0. The molecule has 3 rings (SSSR count). The van der Waals surface area contributed by atoms with Crippen molar-refractivity contribution in [2.45, 2.75) is 37.9 Å². The highest BCUT2D eigenvalue weighted by molar-refractivity contribution is 7.87. The van der Waals surface area contributed by atoms with E-state index in [9.17, 15) is 12.8 Å². The third kappa shape index (κ3) is 5.66. The fraction of sp³-hybridized carbons (Fsp3) is 0.333. The lowest BCUT2D eigenvalue weighted by atomic mass is 10.1. The molecular formula is C21H24FN3O5S. The SMILES string of the molecule is CC(C)c1nc(COCCO)n(Cc2ccccn2)c1S(=O)(=O)Oc1cccc(F)c1. The van der Waals surface area contributed by atoms with Gasteiger partial charge in [0.1, 0.15) is 24.0 Å². The molecule has 0 bridgehead atoms. The van der Waals surface area contributed by atoms with Gasteiger partial charge in [-0.3, -0.25) is 4.98 Å². The number of halogens is 1. The van der Waals surface area contributed by atoms with Gasteiger partial charge < -0.3 is 18.6 Å². The first kappa shape index (κ1) is 22.9. The van der Waals surface area contributed by atoms with Gasteiger partial charge in [0, 0.05) is 12.3 Å². The summed E-state index contributed by atoms with van der Waals surface area (Å²) in [7, 11) is -4.37. The summed E-state index contributed by atoms with van der Waals surface area (Å²) in [5, 5.41) is 8.86. The van der Waals surface area contributed by atoms with Crippen LogP contribution in [0.5, 0.6) is 5.75 Å². The Bertz CT molecular complexity index is 1120. The van der Waals surface area contributed by atoms with Crippen LogP contribution in [0.1, 0.15) is 37.0 Å². The van der Waals surface area contributed by atoms with Crippen molar-refractivity contribution in [3.63, 3.8) is 0 Å². The highest BCUT2D eigenvalue weighted by atomic mass is 32.2. The van der Waals surface area contributed by atoms with Crippen LogP contribution in [0.4, 0.5) is 4.39 Å². The Morgan fingerprint density at radius 3 is 2.65 bits per heavy atom. The Hall–Kier alpha value is -2.82. The predicted molar refractivity (Wildman–Crippen MR) is 111 cm³/mol. The highest BCUT2D eigenvalue weighted by Crippen LogP contribution is 2.29. The van der Waals surface area contributed by atoms with Crippen LogP contribution < -0.4 is 4.18 Å². The quantitative estimate of drug-likeness (QED) is 0.375. The van der Waals surface area contributed by atoms with Gasteiger partial charge in [0.05, 0.1) is 31.1 Å². The first-order valence-electron chi connectivity index (χ1n) is 9.69. The molecule has 0 fully saturated rings. The van der Waals surface area contributed by atoms with E-state index in [1.54, 1.807) is 24.4 Å². The Morgan fingerprint density at radius 1 is 1.19 bits per heavy atom. The second-order valence-corrected chi connectivity index (χ2v) is 8.51. The van der Waals surface area contributed by atoms with Crippen molar-refractivity contribution in [2.24, 2.45) is 0 Å². The minimum Gasteiger partial charge on any atom is -0.394 e. The van der Waals surface area contributed by atoms with Crippen LogP contribution in [0.25, 0.3) is 0 Å². The van der Waals surface area contributed by atoms with Gasteiger partial charge in [0.2, 0.25) is 0 Å². The molecular weight excluding hydrogens is 425 g/mol. The molecule has 1 aromatic carbocycles. The zero-order chi connectivity index (χ0) is 22.4. The normalized spacial score (nSPS) is 11.8. The van der Waals surface area contributed by atoms with Gasteiger partial charge in [0.25, 0.3) is 0 Å². The molecule has 0 amide bonds. The lowest BCUT2D eigenvalue weighted by Crippen LogP contribution is -2.19. The standard InChI is InChI=1S/C21H24FN3O5S/c1-15(2)20-21(31(27,28)30-18-8-5-6-16(22)12-18)25(13-17-7-3-4-9-23-17)19(24-20)14-29-11-10-26/h3-9,12,15,26H,10-11,13-14H2,1-2H3. The maximum absolute atomic E-state index is 13.6. The molecule has 0 aliphatic rings. The van der Waals surface area contributed by atoms with Crippen LogP contribution >= 0.6 is 0 Å². The third-order valence-corrected chi connectivity index (χ3v) is 5.64. The minimum absolute atomic E-state index is 0.0113. The number of pyridine rings is 1. The molecule has 166 valence electrons. The molecule has 0 atom stereocenters. The molecule has 0 saturated heterocycles. The van der Waals surface area contributed by atoms with Crippen molar-refractivity contribution in [3.05, 3.63) is 71.7 Å². The first-order valence-corrected chi connectivity index (χ1v) is 11.1. The second-order valence-electron chi connectivity index (χ2n) is 7.05. The van der Waals surface area contributed by atoms with Crippen molar-refractivity contribution < 1.29 is 26.8 Å². The number of hydrogen-bond donors (Lipinski definition) is 1. The Morgan fingerprint density at radius 2 is 2.00 bits per heavy atom. The Labute approximate surface area is 180 Å². The van der Waals surface area contributed by atoms with E-state index in [0.29, 0.717) is 17.2 Å². The lowest BCUT2D eigenvalue weighted by Gasteiger charge is -2.14. The highest BCUT2D eigenvalue weighted by Gasteiger charge is 2.31. The monoisotopic (exact) mass is 449 g/mol. The second kappa shape index (κ2) is 9.99. The summed E-state index contributed by atoms with van der Waals surface area (Å²) in [6, 6.07) is 10.2. The molecule has 0 spiro atoms. The minimum atomic E-state index is -4.37. The van der Waals surface area contributed by atoms with E-state index in [1.165, 1.54) is 22.8 Å². The smallest absolute Gasteiger partial charge is 0.357 e. The van der Waals surface area contributed by atoms with Crippen LogP contribution in [-0.2, 0) is 28.0 Å². The van der Waals surface area contributed by atoms with Crippen LogP contribution in [0.15, 0.2) is 53.7 Å². The average molecular weight is 450 g/mol. The van der Waals surface area contributed by atoms with E-state index in [1.807, 2.05) is 13.8 Å². The van der Waals surface area contributed by atoms with E-state index >= 15 is 0 Å². The molecule has 0 unspecified atom stereocenters. The molecule has 10 heteroatoms. The van der Waals surface area contributed by atoms with Gasteiger partial charge in [-0.15, -0.1) is 0 Å². The number of hydrogen-bond acceptors (Lipinski definition) is 7. The van der Waals surface area contributed by atoms with E-state index in [4.69, 9.17) is 14.0 Å². The van der Waals surface area contributed by atoms with E-state index in [0.717, 1.165) is 6.07 Å². The maximum atomic E-state index is 13.6. The number of nitrogens with zero attached hydrogens (tertiary/aromatic N) is 3. The van der Waals surface area contributed by atoms with E-state index < -0.39 is 15.9 Å². The molecule has 2 heterocycles. The summed E-state index contributed by atoms with van der Waals surface area (Å²) in [6.45, 7) is 3.63. The number of imidazole rings is 1. The largest absolute Gasteiger partial charge is 0.394 e. The summed E-state index contributed by atoms with van der Waals surface area (Å²) in [6.07, 6.45) is 1.61. The van der Waals surface area contributed by atoms with Crippen LogP contribution in [0, 0.1) is 5.82 Å². The van der Waals surface area contributed by atoms with Crippen molar-refractivity contribution in [2.75, 3.05) is 13.2 Å². The fourth-order valence-corrected chi connectivity index (χ4v) is 4.39. The summed E-state index contributed by atoms with van der Waals surface area (Å²) in [4.78, 5) is 8.77. The van der Waals surface area contributed by atoms with Gasteiger partial charge in [-0.05, 0) is 30.2 Å². The first-order chi connectivity index (χ1) is 14.8. The summed E-state index contributed by atoms with van der Waals surface area (Å²) >= 11 is 0. The van der Waals surface area contributed by atoms with E-state index in [-0.39, 0.29) is 43.1 Å². The number of rotatable bonds is 10. The van der Waals surface area contributed by atoms with Crippen molar-refractivity contribution in [1.29, 1.82) is 0 Å². The van der Waals surface area contributed by atoms with Gasteiger partial charge in [0.15, 0.2) is 5.03 Å². The summed E-state index contributed by atoms with van der Waals surface area (Å²) < 4.78 is 52.3. The fourth-order valence-electron chi connectivity index (χ4n) is 2.98. The van der Waals surface area contributed by atoms with Gasteiger partial charge >= 0.3 is 10.1 Å². The Kier molecular flexibility index (Phi) is 7.37. The zero-order valence-electron chi connectivity index (χ0n) is 17.2. The number of benzene rings is 1. The van der Waals surface area contributed by atoms with Crippen molar-refractivity contribution in [3.8, 4) is 5.75 Å². The summed E-state index contributed by atoms with van der Waals surface area (Å²) in [5.74, 6) is -0.651. The molecule has 0 saturated carbocycles. The topological polar surface area (TPSA) is 104 Å². The van der Waals surface area contributed by atoms with Crippen LogP contribution in [0.3, 0.4) is 0 Å². The molecule has 8 nitrogen and oxygen atoms in total. The number of ether oxygens (including phenoxy) is 1. The summed E-state index contributed by atoms with van der Waals surface area (Å²) in [5.41, 5.74) is 0.913. The Balaban J connectivity index is 2.10. The average Bonchev–Trinajstić information content (AvgIpc) is 3.08. The number of aromatic nitrogens is 3. The number of aliphatic hydroxyl groups excluding tert-OH is 1. The van der Waals surface area contributed by atoms with E-state index in [2.05, 4.69) is 9.97 Å². The van der Waals surface area contributed by atoms with Gasteiger partial charge in [-0.25, -0.2) is 9.37 Å². The molecule has 0 radical (unpaired) electrons. The maximum Gasteiger partial charge on any atom is 0.357 e. The molecule has 1 N–H and O–H groups in total. The van der Waals surface area contributed by atoms with Crippen molar-refractivity contribution >= 4 is 10.1 Å². The lowest BCUT2D eigenvalue weighted by molar-refractivity contribution is 0.0758. The third-order valence-electron chi connectivity index (χ3n) is 4.32. The van der Waals surface area contributed by atoms with Gasteiger partial charge in [-0.1, -0.05) is 26.0 Å². The van der Waals surface area contributed by atoms with Crippen molar-refractivity contribution in [1.82, 2.24) is 14.5 Å². The van der Waals surface area contributed by atoms with Crippen LogP contribution in [-0.4, -0.2) is 41.3 Å². The number of aliphatic hydroxyl groups is 1. The molecule has 31 heavy (non-hydrogen) atoms.